The lowest BCUT2D eigenvalue weighted by Gasteiger charge is -2.23. The third-order valence-corrected chi connectivity index (χ3v) is 4.42. The maximum atomic E-state index is 9.05. The largest absolute Gasteiger partial charge is 0.396 e. The molecule has 0 fully saturated rings. The van der Waals surface area contributed by atoms with Crippen LogP contribution in [0.5, 0.6) is 0 Å². The van der Waals surface area contributed by atoms with E-state index in [4.69, 9.17) is 10.8 Å². The highest BCUT2D eigenvalue weighted by molar-refractivity contribution is 7.99. The zero-order valence-electron chi connectivity index (χ0n) is 10.5. The van der Waals surface area contributed by atoms with Crippen LogP contribution in [0.2, 0.25) is 0 Å². The van der Waals surface area contributed by atoms with Gasteiger partial charge in [-0.05, 0) is 30.2 Å². The number of rotatable bonds is 7. The van der Waals surface area contributed by atoms with Gasteiger partial charge in [0.15, 0.2) is 0 Å². The summed E-state index contributed by atoms with van der Waals surface area (Å²) in [5.41, 5.74) is 7.19. The average molecular weight is 254 g/mol. The maximum absolute atomic E-state index is 9.05. The number of pyridine rings is 1. The molecule has 0 saturated heterocycles. The summed E-state index contributed by atoms with van der Waals surface area (Å²) < 4.78 is 0. The summed E-state index contributed by atoms with van der Waals surface area (Å²) in [6.07, 6.45) is 2.74. The van der Waals surface area contributed by atoms with Crippen LogP contribution in [-0.2, 0) is 0 Å². The quantitative estimate of drug-likeness (QED) is 0.783. The molecular formula is C13H22N2OS. The van der Waals surface area contributed by atoms with Crippen molar-refractivity contribution in [3.05, 3.63) is 30.1 Å². The van der Waals surface area contributed by atoms with Crippen molar-refractivity contribution in [3.63, 3.8) is 0 Å². The number of thioether (sulfide) groups is 1. The zero-order chi connectivity index (χ0) is 12.7. The summed E-state index contributed by atoms with van der Waals surface area (Å²) in [4.78, 5) is 4.39. The molecule has 3 atom stereocenters. The van der Waals surface area contributed by atoms with Gasteiger partial charge in [0.25, 0.3) is 0 Å². The van der Waals surface area contributed by atoms with Gasteiger partial charge >= 0.3 is 0 Å². The average Bonchev–Trinajstić information content (AvgIpc) is 2.39. The highest BCUT2D eigenvalue weighted by Gasteiger charge is 2.20. The van der Waals surface area contributed by atoms with Crippen molar-refractivity contribution in [2.75, 3.05) is 12.4 Å². The highest BCUT2D eigenvalue weighted by Crippen LogP contribution is 2.32. The molecule has 1 heterocycles. The Morgan fingerprint density at radius 3 is 2.76 bits per heavy atom. The molecule has 3 nitrogen and oxygen atoms in total. The normalized spacial score (nSPS) is 16.5. The molecule has 0 spiro atoms. The number of hydrogen-bond donors (Lipinski definition) is 2. The first-order valence-corrected chi connectivity index (χ1v) is 7.12. The predicted octanol–water partition coefficient (Wildman–Crippen LogP) is 2.22. The van der Waals surface area contributed by atoms with Crippen LogP contribution in [0.25, 0.3) is 0 Å². The molecule has 1 aromatic rings. The van der Waals surface area contributed by atoms with Crippen molar-refractivity contribution in [1.82, 2.24) is 4.98 Å². The van der Waals surface area contributed by atoms with E-state index < -0.39 is 0 Å². The van der Waals surface area contributed by atoms with Gasteiger partial charge in [-0.1, -0.05) is 19.9 Å². The zero-order valence-corrected chi connectivity index (χ0v) is 11.4. The topological polar surface area (TPSA) is 59.1 Å². The number of aliphatic hydroxyl groups is 1. The molecule has 3 unspecified atom stereocenters. The fraction of sp³-hybridized carbons (Fsp3) is 0.615. The molecule has 0 aromatic carbocycles. The second kappa shape index (κ2) is 7.69. The molecule has 0 aliphatic rings. The molecule has 0 aliphatic heterocycles. The van der Waals surface area contributed by atoms with Gasteiger partial charge in [-0.3, -0.25) is 4.98 Å². The van der Waals surface area contributed by atoms with E-state index >= 15 is 0 Å². The lowest BCUT2D eigenvalue weighted by molar-refractivity contribution is 0.250. The Hall–Kier alpha value is -0.580. The van der Waals surface area contributed by atoms with Crippen LogP contribution in [0.3, 0.4) is 0 Å². The van der Waals surface area contributed by atoms with Crippen LogP contribution < -0.4 is 5.73 Å². The van der Waals surface area contributed by atoms with E-state index in [1.165, 1.54) is 0 Å². The van der Waals surface area contributed by atoms with Crippen LogP contribution in [0.4, 0.5) is 0 Å². The van der Waals surface area contributed by atoms with E-state index in [-0.39, 0.29) is 17.9 Å². The lowest BCUT2D eigenvalue weighted by atomic mass is 10.1. The van der Waals surface area contributed by atoms with Crippen molar-refractivity contribution in [1.29, 1.82) is 0 Å². The fourth-order valence-corrected chi connectivity index (χ4v) is 2.90. The molecular weight excluding hydrogens is 232 g/mol. The lowest BCUT2D eigenvalue weighted by Crippen LogP contribution is -2.27. The summed E-state index contributed by atoms with van der Waals surface area (Å²) in [7, 11) is 0. The third kappa shape index (κ3) is 4.66. The van der Waals surface area contributed by atoms with Crippen molar-refractivity contribution in [3.8, 4) is 0 Å². The molecule has 1 aromatic heterocycles. The summed E-state index contributed by atoms with van der Waals surface area (Å²) in [6.45, 7) is 4.36. The Labute approximate surface area is 108 Å². The Morgan fingerprint density at radius 2 is 2.24 bits per heavy atom. The first kappa shape index (κ1) is 14.5. The number of aliphatic hydroxyl groups excluding tert-OH is 1. The minimum atomic E-state index is 0.112. The minimum absolute atomic E-state index is 0.112. The van der Waals surface area contributed by atoms with E-state index in [0.717, 1.165) is 17.9 Å². The molecule has 4 heteroatoms. The summed E-state index contributed by atoms with van der Waals surface area (Å²) in [5.74, 6) is 1.21. The van der Waals surface area contributed by atoms with Crippen LogP contribution in [-0.4, -0.2) is 28.5 Å². The van der Waals surface area contributed by atoms with E-state index in [2.05, 4.69) is 11.9 Å². The SMILES string of the molecule is CCC(N)C(SCC(C)CO)c1ccccn1. The van der Waals surface area contributed by atoms with Crippen LogP contribution in [0.1, 0.15) is 31.2 Å². The monoisotopic (exact) mass is 254 g/mol. The molecule has 96 valence electrons. The van der Waals surface area contributed by atoms with E-state index in [0.29, 0.717) is 5.92 Å². The predicted molar refractivity (Wildman–Crippen MR) is 74.0 cm³/mol. The molecule has 17 heavy (non-hydrogen) atoms. The number of nitrogens with zero attached hydrogens (tertiary/aromatic N) is 1. The smallest absolute Gasteiger partial charge is 0.0621 e. The molecule has 1 rings (SSSR count). The molecule has 0 amide bonds. The van der Waals surface area contributed by atoms with Crippen LogP contribution in [0.15, 0.2) is 24.4 Å². The summed E-state index contributed by atoms with van der Waals surface area (Å²) in [5, 5.41) is 9.27. The van der Waals surface area contributed by atoms with Crippen LogP contribution in [0, 0.1) is 5.92 Å². The minimum Gasteiger partial charge on any atom is -0.396 e. The van der Waals surface area contributed by atoms with Crippen molar-refractivity contribution in [2.24, 2.45) is 11.7 Å². The molecule has 3 N–H and O–H groups in total. The Kier molecular flexibility index (Phi) is 6.55. The standard InChI is InChI=1S/C13H22N2OS/c1-3-11(14)13(17-9-10(2)8-16)12-6-4-5-7-15-12/h4-7,10-11,13,16H,3,8-9,14H2,1-2H3. The fourth-order valence-electron chi connectivity index (χ4n) is 1.51. The van der Waals surface area contributed by atoms with E-state index in [1.807, 2.05) is 25.1 Å². The summed E-state index contributed by atoms with van der Waals surface area (Å²) >= 11 is 1.79. The third-order valence-electron chi connectivity index (χ3n) is 2.71. The van der Waals surface area contributed by atoms with Crippen molar-refractivity contribution in [2.45, 2.75) is 31.6 Å². The summed E-state index contributed by atoms with van der Waals surface area (Å²) in [6, 6.07) is 6.05. The van der Waals surface area contributed by atoms with Crippen molar-refractivity contribution < 1.29 is 5.11 Å². The number of nitrogens with two attached hydrogens (primary N) is 1. The Bertz CT molecular complexity index is 308. The first-order valence-electron chi connectivity index (χ1n) is 6.08. The molecule has 0 saturated carbocycles. The Morgan fingerprint density at radius 1 is 1.47 bits per heavy atom. The van der Waals surface area contributed by atoms with Gasteiger partial charge in [-0.25, -0.2) is 0 Å². The van der Waals surface area contributed by atoms with Gasteiger partial charge in [0.2, 0.25) is 0 Å². The van der Waals surface area contributed by atoms with Gasteiger partial charge in [-0.15, -0.1) is 0 Å². The molecule has 0 aliphatic carbocycles. The number of hydrogen-bond acceptors (Lipinski definition) is 4. The van der Waals surface area contributed by atoms with Gasteiger partial charge in [0.1, 0.15) is 0 Å². The van der Waals surface area contributed by atoms with Gasteiger partial charge in [0.05, 0.1) is 10.9 Å². The Balaban J connectivity index is 2.68. The number of aromatic nitrogens is 1. The van der Waals surface area contributed by atoms with Gasteiger partial charge in [0, 0.05) is 18.8 Å². The molecule has 0 bridgehead atoms. The maximum Gasteiger partial charge on any atom is 0.0621 e. The second-order valence-corrected chi connectivity index (χ2v) is 5.54. The van der Waals surface area contributed by atoms with Gasteiger partial charge in [-0.2, -0.15) is 11.8 Å². The van der Waals surface area contributed by atoms with Crippen molar-refractivity contribution >= 4 is 11.8 Å². The van der Waals surface area contributed by atoms with Crippen LogP contribution >= 0.6 is 11.8 Å². The van der Waals surface area contributed by atoms with E-state index in [9.17, 15) is 0 Å². The van der Waals surface area contributed by atoms with Gasteiger partial charge < -0.3 is 10.8 Å². The first-order chi connectivity index (χ1) is 8.19. The highest BCUT2D eigenvalue weighted by atomic mass is 32.2. The second-order valence-electron chi connectivity index (χ2n) is 4.37. The van der Waals surface area contributed by atoms with E-state index in [1.54, 1.807) is 18.0 Å². The molecule has 0 radical (unpaired) electrons.